The van der Waals surface area contributed by atoms with Gasteiger partial charge in [-0.1, -0.05) is 0 Å². The monoisotopic (exact) mass is 469 g/mol. The number of hydrogen-bond donors (Lipinski definition) is 3. The molecule has 1 amide bonds. The van der Waals surface area contributed by atoms with E-state index in [0.717, 1.165) is 11.4 Å². The number of nitrogens with one attached hydrogen (secondary N) is 2. The van der Waals surface area contributed by atoms with Gasteiger partial charge in [0, 0.05) is 24.6 Å². The number of hydrogen-bond acceptors (Lipinski definition) is 4. The number of aliphatic imine (C=N–C) groups is 1. The van der Waals surface area contributed by atoms with Crippen molar-refractivity contribution in [1.82, 2.24) is 10.3 Å². The minimum absolute atomic E-state index is 0. The van der Waals surface area contributed by atoms with Gasteiger partial charge in [-0.25, -0.2) is 0 Å². The van der Waals surface area contributed by atoms with Gasteiger partial charge in [0.2, 0.25) is 0 Å². The number of guanidine groups is 1. The first-order valence-electron chi connectivity index (χ1n) is 8.06. The highest BCUT2D eigenvalue weighted by atomic mass is 127. The minimum atomic E-state index is -0.185. The summed E-state index contributed by atoms with van der Waals surface area (Å²) in [5, 5.41) is 5.75. The summed E-state index contributed by atoms with van der Waals surface area (Å²) in [4.78, 5) is 19.9. The molecule has 0 spiro atoms. The zero-order valence-electron chi connectivity index (χ0n) is 14.8. The van der Waals surface area contributed by atoms with E-state index >= 15 is 0 Å². The van der Waals surface area contributed by atoms with Crippen LogP contribution in [0.25, 0.3) is 0 Å². The quantitative estimate of drug-likeness (QED) is 0.251. The normalized spacial score (nSPS) is 10.8. The number of aromatic nitrogens is 1. The third-order valence-corrected chi connectivity index (χ3v) is 3.10. The molecule has 0 radical (unpaired) electrons. The molecule has 0 unspecified atom stereocenters. The van der Waals surface area contributed by atoms with E-state index in [-0.39, 0.29) is 41.9 Å². The van der Waals surface area contributed by atoms with Crippen LogP contribution in [0.1, 0.15) is 24.2 Å². The molecule has 4 N–H and O–H groups in total. The van der Waals surface area contributed by atoms with Crippen molar-refractivity contribution < 1.29 is 9.53 Å². The first kappa shape index (κ1) is 21.7. The summed E-state index contributed by atoms with van der Waals surface area (Å²) in [6.45, 7) is 4.71. The van der Waals surface area contributed by atoms with Gasteiger partial charge in [-0.2, -0.15) is 0 Å². The Kier molecular flexibility index (Phi) is 9.42. The van der Waals surface area contributed by atoms with E-state index in [1.165, 1.54) is 6.20 Å². The maximum atomic E-state index is 11.8. The van der Waals surface area contributed by atoms with E-state index in [1.807, 2.05) is 38.1 Å². The number of pyridine rings is 1. The molecule has 1 aromatic heterocycles. The van der Waals surface area contributed by atoms with Crippen LogP contribution in [0, 0.1) is 0 Å². The van der Waals surface area contributed by atoms with Gasteiger partial charge in [0.05, 0.1) is 18.2 Å². The van der Waals surface area contributed by atoms with Gasteiger partial charge in [-0.15, -0.1) is 24.0 Å². The molecule has 26 heavy (non-hydrogen) atoms. The molecule has 1 aromatic carbocycles. The molecule has 2 rings (SSSR count). The van der Waals surface area contributed by atoms with Gasteiger partial charge in [-0.3, -0.25) is 14.8 Å². The number of amides is 1. The van der Waals surface area contributed by atoms with E-state index in [2.05, 4.69) is 20.6 Å². The van der Waals surface area contributed by atoms with Crippen molar-refractivity contribution >= 4 is 41.5 Å². The van der Waals surface area contributed by atoms with E-state index in [1.54, 1.807) is 18.3 Å². The smallest absolute Gasteiger partial charge is 0.252 e. The molecule has 0 saturated heterocycles. The van der Waals surface area contributed by atoms with Crippen LogP contribution in [0.15, 0.2) is 53.8 Å². The second-order valence-electron chi connectivity index (χ2n) is 5.58. The van der Waals surface area contributed by atoms with Gasteiger partial charge in [0.15, 0.2) is 5.96 Å². The van der Waals surface area contributed by atoms with Crippen LogP contribution < -0.4 is 21.1 Å². The SMILES string of the molecule is CC(C)Oc1ccc(NC(N)=NCCNC(=O)c2cccnc2)cc1.I. The Morgan fingerprint density at radius 2 is 2.00 bits per heavy atom. The van der Waals surface area contributed by atoms with Crippen LogP contribution in [-0.2, 0) is 0 Å². The fourth-order valence-electron chi connectivity index (χ4n) is 2.02. The van der Waals surface area contributed by atoms with Gasteiger partial charge >= 0.3 is 0 Å². The molecular formula is C18H24IN5O2. The lowest BCUT2D eigenvalue weighted by Crippen LogP contribution is -2.28. The molecule has 0 aliphatic heterocycles. The topological polar surface area (TPSA) is 102 Å². The molecule has 8 heteroatoms. The summed E-state index contributed by atoms with van der Waals surface area (Å²) in [5.41, 5.74) is 7.17. The van der Waals surface area contributed by atoms with Crippen LogP contribution in [0.2, 0.25) is 0 Å². The minimum Gasteiger partial charge on any atom is -0.491 e. The molecule has 0 aliphatic carbocycles. The second kappa shape index (κ2) is 11.3. The highest BCUT2D eigenvalue weighted by Crippen LogP contribution is 2.16. The summed E-state index contributed by atoms with van der Waals surface area (Å²) in [6, 6.07) is 10.9. The number of nitrogens with zero attached hydrogens (tertiary/aromatic N) is 2. The van der Waals surface area contributed by atoms with Crippen molar-refractivity contribution in [2.24, 2.45) is 10.7 Å². The maximum absolute atomic E-state index is 11.8. The molecule has 2 aromatic rings. The largest absolute Gasteiger partial charge is 0.491 e. The average molecular weight is 469 g/mol. The molecule has 0 atom stereocenters. The number of carbonyl (C=O) groups is 1. The van der Waals surface area contributed by atoms with Crippen LogP contribution in [0.4, 0.5) is 5.69 Å². The zero-order chi connectivity index (χ0) is 18.1. The number of ether oxygens (including phenoxy) is 1. The Labute approximate surface area is 170 Å². The van der Waals surface area contributed by atoms with Crippen molar-refractivity contribution in [3.63, 3.8) is 0 Å². The molecule has 7 nitrogen and oxygen atoms in total. The maximum Gasteiger partial charge on any atom is 0.252 e. The number of halogens is 1. The zero-order valence-corrected chi connectivity index (χ0v) is 17.1. The van der Waals surface area contributed by atoms with Crippen molar-refractivity contribution in [2.75, 3.05) is 18.4 Å². The van der Waals surface area contributed by atoms with Gasteiger partial charge in [0.25, 0.3) is 5.91 Å². The molecule has 0 fully saturated rings. The number of rotatable bonds is 7. The second-order valence-corrected chi connectivity index (χ2v) is 5.58. The Morgan fingerprint density at radius 1 is 1.27 bits per heavy atom. The van der Waals surface area contributed by atoms with Gasteiger partial charge in [-0.05, 0) is 50.2 Å². The lowest BCUT2D eigenvalue weighted by atomic mass is 10.3. The van der Waals surface area contributed by atoms with Crippen LogP contribution in [0.5, 0.6) is 5.75 Å². The Hall–Kier alpha value is -2.36. The molecule has 0 saturated carbocycles. The first-order chi connectivity index (χ1) is 12.0. The predicted molar refractivity (Wildman–Crippen MR) is 114 cm³/mol. The number of nitrogens with two attached hydrogens (primary N) is 1. The predicted octanol–water partition coefficient (Wildman–Crippen LogP) is 2.64. The average Bonchev–Trinajstić information content (AvgIpc) is 2.60. The molecule has 140 valence electrons. The lowest BCUT2D eigenvalue weighted by Gasteiger charge is -2.11. The van der Waals surface area contributed by atoms with E-state index in [4.69, 9.17) is 10.5 Å². The first-order valence-corrected chi connectivity index (χ1v) is 8.06. The summed E-state index contributed by atoms with van der Waals surface area (Å²) < 4.78 is 5.58. The van der Waals surface area contributed by atoms with E-state index in [0.29, 0.717) is 18.7 Å². The lowest BCUT2D eigenvalue weighted by molar-refractivity contribution is 0.0954. The Morgan fingerprint density at radius 3 is 2.62 bits per heavy atom. The summed E-state index contributed by atoms with van der Waals surface area (Å²) in [7, 11) is 0. The van der Waals surface area contributed by atoms with Crippen molar-refractivity contribution in [3.05, 3.63) is 54.4 Å². The fourth-order valence-corrected chi connectivity index (χ4v) is 2.02. The van der Waals surface area contributed by atoms with Gasteiger partial charge < -0.3 is 21.1 Å². The highest BCUT2D eigenvalue weighted by molar-refractivity contribution is 14.0. The number of anilines is 1. The number of carbonyl (C=O) groups excluding carboxylic acids is 1. The highest BCUT2D eigenvalue weighted by Gasteiger charge is 2.03. The van der Waals surface area contributed by atoms with Crippen molar-refractivity contribution in [1.29, 1.82) is 0 Å². The molecule has 0 aliphatic rings. The summed E-state index contributed by atoms with van der Waals surface area (Å²) in [5.74, 6) is 0.901. The van der Waals surface area contributed by atoms with Crippen molar-refractivity contribution in [3.8, 4) is 5.75 Å². The van der Waals surface area contributed by atoms with Crippen molar-refractivity contribution in [2.45, 2.75) is 20.0 Å². The third kappa shape index (κ3) is 7.68. The van der Waals surface area contributed by atoms with E-state index in [9.17, 15) is 4.79 Å². The standard InChI is InChI=1S/C18H23N5O2.HI/c1-13(2)25-16-7-5-15(6-8-16)23-18(19)22-11-10-21-17(24)14-4-3-9-20-12-14;/h3-9,12-13H,10-11H2,1-2H3,(H,21,24)(H3,19,22,23);1H. The van der Waals surface area contributed by atoms with Crippen LogP contribution in [-0.4, -0.2) is 36.0 Å². The fraction of sp³-hybridized carbons (Fsp3) is 0.278. The third-order valence-electron chi connectivity index (χ3n) is 3.10. The molecular weight excluding hydrogens is 445 g/mol. The van der Waals surface area contributed by atoms with Gasteiger partial charge in [0.1, 0.15) is 5.75 Å². The molecule has 1 heterocycles. The van der Waals surface area contributed by atoms with Crippen LogP contribution >= 0.6 is 24.0 Å². The number of benzene rings is 1. The Balaban J connectivity index is 0.00000338. The summed E-state index contributed by atoms with van der Waals surface area (Å²) in [6.07, 6.45) is 3.27. The Bertz CT molecular complexity index is 705. The van der Waals surface area contributed by atoms with Crippen LogP contribution in [0.3, 0.4) is 0 Å². The molecule has 0 bridgehead atoms. The summed E-state index contributed by atoms with van der Waals surface area (Å²) >= 11 is 0. The van der Waals surface area contributed by atoms with E-state index < -0.39 is 0 Å².